The van der Waals surface area contributed by atoms with E-state index in [-0.39, 0.29) is 0 Å². The van der Waals surface area contributed by atoms with Crippen LogP contribution in [0.25, 0.3) is 0 Å². The van der Waals surface area contributed by atoms with Crippen molar-refractivity contribution < 1.29 is 4.42 Å². The van der Waals surface area contributed by atoms with Gasteiger partial charge in [-0.2, -0.15) is 0 Å². The van der Waals surface area contributed by atoms with Crippen LogP contribution in [0.3, 0.4) is 0 Å². The van der Waals surface area contributed by atoms with Gasteiger partial charge < -0.3 is 9.73 Å². The van der Waals surface area contributed by atoms with Gasteiger partial charge in [0.05, 0.1) is 6.26 Å². The molecular weight excluding hydrogens is 200 g/mol. The lowest BCUT2D eigenvalue weighted by atomic mass is 10.2. The lowest BCUT2D eigenvalue weighted by Crippen LogP contribution is -2.27. The van der Waals surface area contributed by atoms with Gasteiger partial charge in [0.25, 0.3) is 0 Å². The van der Waals surface area contributed by atoms with E-state index in [0.717, 1.165) is 18.7 Å². The van der Waals surface area contributed by atoms with Gasteiger partial charge in [0.2, 0.25) is 0 Å². The van der Waals surface area contributed by atoms with Gasteiger partial charge in [0.1, 0.15) is 5.76 Å². The van der Waals surface area contributed by atoms with Crippen molar-refractivity contribution in [1.82, 2.24) is 10.3 Å². The molecule has 2 aromatic rings. The highest BCUT2D eigenvalue weighted by molar-refractivity contribution is 5.08. The van der Waals surface area contributed by atoms with Crippen LogP contribution < -0.4 is 5.32 Å². The maximum absolute atomic E-state index is 5.30. The molecule has 84 valence electrons. The molecule has 2 heterocycles. The standard InChI is InChI=1S/C13H16N2O/c1-11(8-13-5-3-7-16-13)15-10-12-4-2-6-14-9-12/h2-7,9,11,15H,8,10H2,1H3. The number of nitrogens with zero attached hydrogens (tertiary/aromatic N) is 1. The quantitative estimate of drug-likeness (QED) is 0.834. The molecule has 0 bridgehead atoms. The van der Waals surface area contributed by atoms with Crippen molar-refractivity contribution in [2.75, 3.05) is 0 Å². The van der Waals surface area contributed by atoms with Crippen molar-refractivity contribution in [3.63, 3.8) is 0 Å². The normalized spacial score (nSPS) is 12.6. The molecule has 2 rings (SSSR count). The highest BCUT2D eigenvalue weighted by Gasteiger charge is 2.04. The maximum Gasteiger partial charge on any atom is 0.105 e. The van der Waals surface area contributed by atoms with Crippen LogP contribution in [0.1, 0.15) is 18.2 Å². The van der Waals surface area contributed by atoms with E-state index in [1.807, 2.05) is 24.4 Å². The van der Waals surface area contributed by atoms with Gasteiger partial charge in [-0.15, -0.1) is 0 Å². The molecule has 3 nitrogen and oxygen atoms in total. The Morgan fingerprint density at radius 2 is 2.31 bits per heavy atom. The van der Waals surface area contributed by atoms with E-state index < -0.39 is 0 Å². The fourth-order valence-electron chi connectivity index (χ4n) is 1.60. The topological polar surface area (TPSA) is 38.1 Å². The van der Waals surface area contributed by atoms with Crippen LogP contribution in [0.4, 0.5) is 0 Å². The number of pyridine rings is 1. The lowest BCUT2D eigenvalue weighted by molar-refractivity contribution is 0.456. The van der Waals surface area contributed by atoms with Crippen molar-refractivity contribution in [1.29, 1.82) is 0 Å². The monoisotopic (exact) mass is 216 g/mol. The summed E-state index contributed by atoms with van der Waals surface area (Å²) in [7, 11) is 0. The molecule has 0 fully saturated rings. The van der Waals surface area contributed by atoms with Crippen LogP contribution in [0, 0.1) is 0 Å². The highest BCUT2D eigenvalue weighted by atomic mass is 16.3. The first-order chi connectivity index (χ1) is 7.84. The molecule has 1 N–H and O–H groups in total. The molecule has 0 amide bonds. The summed E-state index contributed by atoms with van der Waals surface area (Å²) in [6.45, 7) is 2.99. The zero-order chi connectivity index (χ0) is 11.2. The number of nitrogens with one attached hydrogen (secondary N) is 1. The van der Waals surface area contributed by atoms with Gasteiger partial charge in [-0.05, 0) is 30.7 Å². The van der Waals surface area contributed by atoms with Crippen LogP contribution in [-0.2, 0) is 13.0 Å². The van der Waals surface area contributed by atoms with Gasteiger partial charge in [0.15, 0.2) is 0 Å². The molecule has 1 atom stereocenters. The molecule has 0 aliphatic heterocycles. The molecule has 0 aliphatic rings. The summed E-state index contributed by atoms with van der Waals surface area (Å²) in [5, 5.41) is 3.44. The van der Waals surface area contributed by atoms with E-state index in [1.165, 1.54) is 5.56 Å². The van der Waals surface area contributed by atoms with Crippen molar-refractivity contribution in [3.8, 4) is 0 Å². The molecule has 0 saturated heterocycles. The Labute approximate surface area is 95.5 Å². The van der Waals surface area contributed by atoms with Crippen molar-refractivity contribution in [2.45, 2.75) is 25.9 Å². The van der Waals surface area contributed by atoms with Crippen molar-refractivity contribution >= 4 is 0 Å². The molecule has 0 aliphatic carbocycles. The molecule has 16 heavy (non-hydrogen) atoms. The summed E-state index contributed by atoms with van der Waals surface area (Å²) in [4.78, 5) is 4.08. The van der Waals surface area contributed by atoms with E-state index in [2.05, 4.69) is 23.3 Å². The minimum atomic E-state index is 0.395. The van der Waals surface area contributed by atoms with Crippen LogP contribution in [0.2, 0.25) is 0 Å². The molecular formula is C13H16N2O. The smallest absolute Gasteiger partial charge is 0.105 e. The Morgan fingerprint density at radius 1 is 1.38 bits per heavy atom. The summed E-state index contributed by atoms with van der Waals surface area (Å²) >= 11 is 0. The zero-order valence-electron chi connectivity index (χ0n) is 9.39. The number of hydrogen-bond acceptors (Lipinski definition) is 3. The predicted octanol–water partition coefficient (Wildman–Crippen LogP) is 2.40. The number of rotatable bonds is 5. The third-order valence-corrected chi connectivity index (χ3v) is 2.46. The van der Waals surface area contributed by atoms with Gasteiger partial charge in [0, 0.05) is 31.4 Å². The average molecular weight is 216 g/mol. The third-order valence-electron chi connectivity index (χ3n) is 2.46. The molecule has 0 radical (unpaired) electrons. The predicted molar refractivity (Wildman–Crippen MR) is 63.0 cm³/mol. The van der Waals surface area contributed by atoms with E-state index in [9.17, 15) is 0 Å². The molecule has 1 unspecified atom stereocenters. The number of hydrogen-bond donors (Lipinski definition) is 1. The fraction of sp³-hybridized carbons (Fsp3) is 0.308. The Morgan fingerprint density at radius 3 is 3.00 bits per heavy atom. The Hall–Kier alpha value is -1.61. The van der Waals surface area contributed by atoms with Crippen molar-refractivity contribution in [2.24, 2.45) is 0 Å². The van der Waals surface area contributed by atoms with E-state index in [1.54, 1.807) is 12.5 Å². The van der Waals surface area contributed by atoms with E-state index in [4.69, 9.17) is 4.42 Å². The average Bonchev–Trinajstić information content (AvgIpc) is 2.81. The highest BCUT2D eigenvalue weighted by Crippen LogP contribution is 2.04. The Bertz CT molecular complexity index is 397. The third kappa shape index (κ3) is 3.21. The zero-order valence-corrected chi connectivity index (χ0v) is 9.39. The summed E-state index contributed by atoms with van der Waals surface area (Å²) < 4.78 is 5.30. The molecule has 0 spiro atoms. The second-order valence-corrected chi connectivity index (χ2v) is 3.93. The van der Waals surface area contributed by atoms with Crippen LogP contribution in [0.15, 0.2) is 47.3 Å². The molecule has 0 aromatic carbocycles. The van der Waals surface area contributed by atoms with Crippen LogP contribution >= 0.6 is 0 Å². The molecule has 0 saturated carbocycles. The van der Waals surface area contributed by atoms with E-state index in [0.29, 0.717) is 6.04 Å². The number of furan rings is 1. The van der Waals surface area contributed by atoms with Crippen LogP contribution in [-0.4, -0.2) is 11.0 Å². The van der Waals surface area contributed by atoms with Crippen LogP contribution in [0.5, 0.6) is 0 Å². The minimum absolute atomic E-state index is 0.395. The van der Waals surface area contributed by atoms with Crippen molar-refractivity contribution in [3.05, 3.63) is 54.2 Å². The number of aromatic nitrogens is 1. The lowest BCUT2D eigenvalue weighted by Gasteiger charge is -2.11. The van der Waals surface area contributed by atoms with Gasteiger partial charge >= 0.3 is 0 Å². The summed E-state index contributed by atoms with van der Waals surface area (Å²) in [6.07, 6.45) is 6.29. The first-order valence-electron chi connectivity index (χ1n) is 5.49. The summed E-state index contributed by atoms with van der Waals surface area (Å²) in [5.41, 5.74) is 1.20. The van der Waals surface area contributed by atoms with E-state index >= 15 is 0 Å². The van der Waals surface area contributed by atoms with Gasteiger partial charge in [-0.1, -0.05) is 6.07 Å². The maximum atomic E-state index is 5.30. The summed E-state index contributed by atoms with van der Waals surface area (Å²) in [5.74, 6) is 1.02. The largest absolute Gasteiger partial charge is 0.469 e. The Kier molecular flexibility index (Phi) is 3.72. The minimum Gasteiger partial charge on any atom is -0.469 e. The SMILES string of the molecule is CC(Cc1ccco1)NCc1cccnc1. The first kappa shape index (κ1) is 10.9. The fourth-order valence-corrected chi connectivity index (χ4v) is 1.60. The second-order valence-electron chi connectivity index (χ2n) is 3.93. The molecule has 3 heteroatoms. The first-order valence-corrected chi connectivity index (χ1v) is 5.49. The van der Waals surface area contributed by atoms with Gasteiger partial charge in [-0.25, -0.2) is 0 Å². The summed E-state index contributed by atoms with van der Waals surface area (Å²) in [6, 6.07) is 8.34. The van der Waals surface area contributed by atoms with Gasteiger partial charge in [-0.3, -0.25) is 4.98 Å². The second kappa shape index (κ2) is 5.47. The Balaban J connectivity index is 1.78. The molecule has 2 aromatic heterocycles.